The zero-order valence-corrected chi connectivity index (χ0v) is 32.9. The number of nitrogens with one attached hydrogen (secondary N) is 1. The number of carbonyl (C=O) groups excluding carboxylic acids is 1. The Balaban J connectivity index is 1.90. The van der Waals surface area contributed by atoms with Gasteiger partial charge in [0.15, 0.2) is 12.6 Å². The number of aliphatic hydroxyl groups is 8. The first kappa shape index (κ1) is 49.1. The lowest BCUT2D eigenvalue weighted by atomic mass is 9.97. The van der Waals surface area contributed by atoms with Crippen molar-refractivity contribution >= 4 is 5.91 Å². The summed E-state index contributed by atoms with van der Waals surface area (Å²) in [6.07, 6.45) is 13.2. The Hall–Kier alpha value is -2.05. The number of hydrogen-bond donors (Lipinski definition) is 9. The molecule has 12 atom stereocenters. The van der Waals surface area contributed by atoms with E-state index in [0.29, 0.717) is 12.8 Å². The van der Waals surface area contributed by atoms with Crippen LogP contribution in [-0.2, 0) is 23.7 Å². The summed E-state index contributed by atoms with van der Waals surface area (Å²) in [6.45, 7) is 2.58. The Morgan fingerprint density at radius 3 is 1.89 bits per heavy atom. The summed E-state index contributed by atoms with van der Waals surface area (Å²) in [5.74, 6) is -0.257. The largest absolute Gasteiger partial charge is 0.394 e. The summed E-state index contributed by atoms with van der Waals surface area (Å²) in [7, 11) is 0. The molecule has 2 fully saturated rings. The predicted molar refractivity (Wildman–Crippen MR) is 207 cm³/mol. The zero-order chi connectivity index (χ0) is 40.4. The van der Waals surface area contributed by atoms with E-state index in [1.807, 2.05) is 0 Å². The molecule has 0 saturated carbocycles. The van der Waals surface area contributed by atoms with Crippen LogP contribution in [0.3, 0.4) is 0 Å². The van der Waals surface area contributed by atoms with Crippen LogP contribution in [0.25, 0.3) is 0 Å². The van der Waals surface area contributed by atoms with Gasteiger partial charge in [0.1, 0.15) is 48.8 Å². The standard InChI is InChI=1S/C41H71NO13/c1-3-5-7-9-11-12-13-14-15-16-17-18-19-21-23-25-33(46)42-29(30(45)24-22-20-10-8-6-4-2)28-52-40-38(51)36(49)39(32(27-44)54-40)55-41-37(50)35(48)34(47)31(26-43)53-41/h5,7,11-12,14-15,17-18,29-32,34-41,43-45,47-51H,3-4,6,8-10,13,16,19-28H2,1-2H3,(H,42,46)/b7-5-,12-11-,15-14-,18-17-. The number of allylic oxidation sites excluding steroid dienone is 8. The van der Waals surface area contributed by atoms with E-state index in [1.54, 1.807) is 0 Å². The molecule has 0 aromatic carbocycles. The molecule has 0 aliphatic carbocycles. The molecule has 318 valence electrons. The molecule has 0 aromatic heterocycles. The third kappa shape index (κ3) is 18.4. The average molecular weight is 786 g/mol. The van der Waals surface area contributed by atoms with Crippen molar-refractivity contribution in [1.82, 2.24) is 5.32 Å². The lowest BCUT2D eigenvalue weighted by molar-refractivity contribution is -0.359. The van der Waals surface area contributed by atoms with E-state index in [-0.39, 0.29) is 18.9 Å². The number of ether oxygens (including phenoxy) is 4. The van der Waals surface area contributed by atoms with Gasteiger partial charge >= 0.3 is 0 Å². The molecule has 0 bridgehead atoms. The average Bonchev–Trinajstić information content (AvgIpc) is 3.18. The molecule has 0 spiro atoms. The summed E-state index contributed by atoms with van der Waals surface area (Å²) in [5.41, 5.74) is 0. The second-order valence-corrected chi connectivity index (χ2v) is 14.4. The smallest absolute Gasteiger partial charge is 0.220 e. The van der Waals surface area contributed by atoms with E-state index in [2.05, 4.69) is 67.8 Å². The van der Waals surface area contributed by atoms with Crippen molar-refractivity contribution in [3.05, 3.63) is 48.6 Å². The van der Waals surface area contributed by atoms with Crippen molar-refractivity contribution in [2.75, 3.05) is 19.8 Å². The van der Waals surface area contributed by atoms with Crippen molar-refractivity contribution in [3.8, 4) is 0 Å². The summed E-state index contributed by atoms with van der Waals surface area (Å²) in [5, 5.41) is 86.0. The second-order valence-electron chi connectivity index (χ2n) is 14.4. The van der Waals surface area contributed by atoms with E-state index in [9.17, 15) is 45.6 Å². The van der Waals surface area contributed by atoms with Crippen LogP contribution in [0.5, 0.6) is 0 Å². The van der Waals surface area contributed by atoms with Crippen LogP contribution >= 0.6 is 0 Å². The van der Waals surface area contributed by atoms with E-state index < -0.39 is 86.8 Å². The molecule has 2 aliphatic rings. The summed E-state index contributed by atoms with van der Waals surface area (Å²) >= 11 is 0. The van der Waals surface area contributed by atoms with E-state index >= 15 is 0 Å². The maximum Gasteiger partial charge on any atom is 0.220 e. The molecule has 2 rings (SSSR count). The van der Waals surface area contributed by atoms with Crippen molar-refractivity contribution in [3.63, 3.8) is 0 Å². The molecule has 0 aromatic rings. The quantitative estimate of drug-likeness (QED) is 0.0411. The van der Waals surface area contributed by atoms with Crippen molar-refractivity contribution in [2.24, 2.45) is 0 Å². The summed E-state index contributed by atoms with van der Waals surface area (Å²) in [6, 6.07) is -0.846. The Kier molecular flexibility index (Phi) is 26.1. The van der Waals surface area contributed by atoms with Crippen LogP contribution in [0.4, 0.5) is 0 Å². The number of amides is 1. The van der Waals surface area contributed by atoms with Gasteiger partial charge in [0.2, 0.25) is 5.91 Å². The minimum Gasteiger partial charge on any atom is -0.394 e. The molecular formula is C41H71NO13. The van der Waals surface area contributed by atoms with Crippen LogP contribution in [0.15, 0.2) is 48.6 Å². The fourth-order valence-electron chi connectivity index (χ4n) is 6.40. The molecular weight excluding hydrogens is 714 g/mol. The van der Waals surface area contributed by atoms with Gasteiger partial charge in [0, 0.05) is 6.42 Å². The molecule has 2 saturated heterocycles. The highest BCUT2D eigenvalue weighted by Crippen LogP contribution is 2.30. The molecule has 12 unspecified atom stereocenters. The first-order chi connectivity index (χ1) is 26.6. The molecule has 1 amide bonds. The van der Waals surface area contributed by atoms with Gasteiger partial charge in [-0.05, 0) is 51.4 Å². The van der Waals surface area contributed by atoms with Crippen molar-refractivity contribution in [2.45, 2.75) is 184 Å². The second kappa shape index (κ2) is 29.2. The number of hydrogen-bond acceptors (Lipinski definition) is 13. The van der Waals surface area contributed by atoms with Gasteiger partial charge in [-0.15, -0.1) is 0 Å². The van der Waals surface area contributed by atoms with Crippen LogP contribution in [0.2, 0.25) is 0 Å². The molecule has 2 aliphatic heterocycles. The lowest BCUT2D eigenvalue weighted by Gasteiger charge is -2.46. The molecule has 9 N–H and O–H groups in total. The SMILES string of the molecule is CC/C=C\C/C=C\C/C=C\C/C=C\CCCCC(=O)NC(COC1OC(CO)C(OC2OC(CO)C(O)C(O)C2O)C(O)C1O)C(O)CCCCCCCC. The predicted octanol–water partition coefficient (Wildman–Crippen LogP) is 2.59. The van der Waals surface area contributed by atoms with E-state index in [0.717, 1.165) is 77.0 Å². The number of rotatable bonds is 28. The minimum atomic E-state index is -1.78. The Morgan fingerprint density at radius 2 is 1.25 bits per heavy atom. The van der Waals surface area contributed by atoms with Crippen LogP contribution in [-0.4, -0.2) is 140 Å². The van der Waals surface area contributed by atoms with E-state index in [4.69, 9.17) is 18.9 Å². The first-order valence-corrected chi connectivity index (χ1v) is 20.4. The van der Waals surface area contributed by atoms with Crippen LogP contribution in [0, 0.1) is 0 Å². The topological polar surface area (TPSA) is 228 Å². The third-order valence-electron chi connectivity index (χ3n) is 9.81. The zero-order valence-electron chi connectivity index (χ0n) is 32.9. The van der Waals surface area contributed by atoms with Crippen molar-refractivity contribution < 1.29 is 64.6 Å². The lowest BCUT2D eigenvalue weighted by Crippen LogP contribution is -2.65. The molecule has 14 heteroatoms. The van der Waals surface area contributed by atoms with Gasteiger partial charge in [-0.25, -0.2) is 0 Å². The van der Waals surface area contributed by atoms with Gasteiger partial charge in [-0.3, -0.25) is 4.79 Å². The summed E-state index contributed by atoms with van der Waals surface area (Å²) < 4.78 is 22.5. The normalized spacial score (nSPS) is 30.2. The first-order valence-electron chi connectivity index (χ1n) is 20.4. The molecule has 14 nitrogen and oxygen atoms in total. The highest BCUT2D eigenvalue weighted by molar-refractivity contribution is 5.76. The van der Waals surface area contributed by atoms with Crippen molar-refractivity contribution in [1.29, 1.82) is 0 Å². The number of unbranched alkanes of at least 4 members (excludes halogenated alkanes) is 7. The monoisotopic (exact) mass is 785 g/mol. The summed E-state index contributed by atoms with van der Waals surface area (Å²) in [4.78, 5) is 13.0. The Bertz CT molecular complexity index is 1120. The van der Waals surface area contributed by atoms with Gasteiger partial charge in [-0.1, -0.05) is 101 Å². The number of aliphatic hydroxyl groups excluding tert-OH is 8. The van der Waals surface area contributed by atoms with Crippen LogP contribution in [0.1, 0.15) is 110 Å². The van der Waals surface area contributed by atoms with Gasteiger partial charge in [0.05, 0.1) is 32.0 Å². The maximum atomic E-state index is 13.0. The fourth-order valence-corrected chi connectivity index (χ4v) is 6.40. The Labute approximate surface area is 327 Å². The highest BCUT2D eigenvalue weighted by Gasteiger charge is 2.50. The third-order valence-corrected chi connectivity index (χ3v) is 9.81. The molecule has 55 heavy (non-hydrogen) atoms. The maximum absolute atomic E-state index is 13.0. The number of carbonyl (C=O) groups is 1. The van der Waals surface area contributed by atoms with Gasteiger partial charge in [0.25, 0.3) is 0 Å². The van der Waals surface area contributed by atoms with Crippen LogP contribution < -0.4 is 5.32 Å². The minimum absolute atomic E-state index is 0.249. The van der Waals surface area contributed by atoms with Gasteiger partial charge < -0.3 is 65.1 Å². The van der Waals surface area contributed by atoms with Gasteiger partial charge in [-0.2, -0.15) is 0 Å². The van der Waals surface area contributed by atoms with E-state index in [1.165, 1.54) is 0 Å². The highest BCUT2D eigenvalue weighted by atomic mass is 16.7. The molecule has 2 heterocycles. The fraction of sp³-hybridized carbons (Fsp3) is 0.780. The Morgan fingerprint density at radius 1 is 0.673 bits per heavy atom. The molecule has 0 radical (unpaired) electrons.